The van der Waals surface area contributed by atoms with Crippen molar-refractivity contribution in [3.63, 3.8) is 0 Å². The van der Waals surface area contributed by atoms with Gasteiger partial charge in [-0.25, -0.2) is 0 Å². The number of methoxy groups -OCH3 is 4. The van der Waals surface area contributed by atoms with Gasteiger partial charge in [-0.05, 0) is 58.7 Å². The van der Waals surface area contributed by atoms with Gasteiger partial charge in [-0.15, -0.1) is 0 Å². The minimum atomic E-state index is -0.739. The van der Waals surface area contributed by atoms with Crippen LogP contribution in [0.5, 0.6) is 23.0 Å². The monoisotopic (exact) mass is 534 g/mol. The first-order valence-electron chi connectivity index (χ1n) is 12.0. The summed E-state index contributed by atoms with van der Waals surface area (Å²) in [5, 5.41) is 3.31. The maximum Gasteiger partial charge on any atom is 0.271 e. The number of hydrogen-bond donors (Lipinski definition) is 1. The second-order valence-corrected chi connectivity index (χ2v) is 9.33. The van der Waals surface area contributed by atoms with Gasteiger partial charge in [0.2, 0.25) is 5.91 Å². The van der Waals surface area contributed by atoms with Gasteiger partial charge in [0.05, 0.1) is 34.5 Å². The second kappa shape index (κ2) is 10.3. The fourth-order valence-electron chi connectivity index (χ4n) is 5.11. The maximum atomic E-state index is 14.1. The van der Waals surface area contributed by atoms with Crippen molar-refractivity contribution < 1.29 is 28.5 Å². The Kier molecular flexibility index (Phi) is 6.91. The molecular weight excluding hydrogens is 508 g/mol. The average molecular weight is 535 g/mol. The summed E-state index contributed by atoms with van der Waals surface area (Å²) in [5.74, 6) is 1.54. The van der Waals surface area contributed by atoms with E-state index in [2.05, 4.69) is 5.32 Å². The molecule has 0 unspecified atom stereocenters. The lowest BCUT2D eigenvalue weighted by molar-refractivity contribution is -0.144. The summed E-state index contributed by atoms with van der Waals surface area (Å²) in [7, 11) is 6.21. The number of fused-ring (bicyclic) bond motifs is 2. The Morgan fingerprint density at radius 3 is 2.18 bits per heavy atom. The van der Waals surface area contributed by atoms with Crippen molar-refractivity contribution in [2.75, 3.05) is 28.4 Å². The van der Waals surface area contributed by atoms with Gasteiger partial charge in [0.1, 0.15) is 11.7 Å². The first kappa shape index (κ1) is 25.5. The SMILES string of the molecule is COc1ccc(/C=C2\NC(=O)[C@@H]3Cc4cc(OC)c(OC)cc4[C@@H](c4ccccc4Cl)N3C2=O)cc1OC. The number of ether oxygens (including phenoxy) is 4. The number of hydrogen-bond acceptors (Lipinski definition) is 6. The summed E-state index contributed by atoms with van der Waals surface area (Å²) in [5.41, 5.74) is 3.23. The lowest BCUT2D eigenvalue weighted by Gasteiger charge is -2.46. The molecule has 9 heteroatoms. The van der Waals surface area contributed by atoms with Crippen LogP contribution >= 0.6 is 11.6 Å². The highest BCUT2D eigenvalue weighted by atomic mass is 35.5. The fourth-order valence-corrected chi connectivity index (χ4v) is 5.35. The molecule has 1 N–H and O–H groups in total. The molecule has 2 heterocycles. The zero-order valence-corrected chi connectivity index (χ0v) is 22.2. The molecule has 3 aromatic rings. The Morgan fingerprint density at radius 2 is 1.50 bits per heavy atom. The Hall–Kier alpha value is -4.17. The van der Waals surface area contributed by atoms with Crippen LogP contribution in [-0.4, -0.2) is 51.2 Å². The summed E-state index contributed by atoms with van der Waals surface area (Å²) in [6.07, 6.45) is 1.95. The highest BCUT2D eigenvalue weighted by Gasteiger charge is 2.47. The van der Waals surface area contributed by atoms with E-state index in [0.29, 0.717) is 45.6 Å². The quantitative estimate of drug-likeness (QED) is 0.472. The van der Waals surface area contributed by atoms with Gasteiger partial charge >= 0.3 is 0 Å². The van der Waals surface area contributed by atoms with Crippen LogP contribution < -0.4 is 24.3 Å². The van der Waals surface area contributed by atoms with E-state index < -0.39 is 12.1 Å². The molecule has 0 saturated carbocycles. The van der Waals surface area contributed by atoms with E-state index in [4.69, 9.17) is 30.5 Å². The molecule has 2 aliphatic rings. The summed E-state index contributed by atoms with van der Waals surface area (Å²) < 4.78 is 21.8. The van der Waals surface area contributed by atoms with Crippen molar-refractivity contribution in [1.29, 1.82) is 0 Å². The van der Waals surface area contributed by atoms with Crippen molar-refractivity contribution >= 4 is 29.5 Å². The Morgan fingerprint density at radius 1 is 0.842 bits per heavy atom. The van der Waals surface area contributed by atoms with Crippen molar-refractivity contribution in [2.24, 2.45) is 0 Å². The summed E-state index contributed by atoms with van der Waals surface area (Å²) >= 11 is 6.66. The Bertz CT molecular complexity index is 1450. The number of carbonyl (C=O) groups is 2. The molecule has 0 radical (unpaired) electrons. The number of rotatable bonds is 6. The summed E-state index contributed by atoms with van der Waals surface area (Å²) in [6, 6.07) is 15.0. The molecule has 0 aromatic heterocycles. The predicted octanol–water partition coefficient (Wildman–Crippen LogP) is 4.39. The molecule has 2 atom stereocenters. The number of nitrogens with one attached hydrogen (secondary N) is 1. The van der Waals surface area contributed by atoms with Crippen molar-refractivity contribution in [3.8, 4) is 23.0 Å². The predicted molar refractivity (Wildman–Crippen MR) is 143 cm³/mol. The fraction of sp³-hybridized carbons (Fsp3) is 0.241. The van der Waals surface area contributed by atoms with Crippen LogP contribution in [0.3, 0.4) is 0 Å². The standard InChI is InChI=1S/C29H27ClN2O6/c1-35-23-10-9-16(12-24(23)36-2)11-21-29(34)32-22(28(33)31-21)13-17-14-25(37-3)26(38-4)15-19(17)27(32)18-7-5-6-8-20(18)30/h5-12,14-15,22,27H,13H2,1-4H3,(H,31,33)/b21-11-/t22-,27+/m0/s1. The molecule has 0 aliphatic carbocycles. The van der Waals surface area contributed by atoms with Gasteiger partial charge < -0.3 is 29.2 Å². The van der Waals surface area contributed by atoms with E-state index in [0.717, 1.165) is 11.1 Å². The highest BCUT2D eigenvalue weighted by molar-refractivity contribution is 6.31. The van der Waals surface area contributed by atoms with E-state index in [9.17, 15) is 9.59 Å². The third kappa shape index (κ3) is 4.31. The Labute approximate surface area is 225 Å². The van der Waals surface area contributed by atoms with E-state index in [-0.39, 0.29) is 17.5 Å². The first-order chi connectivity index (χ1) is 18.4. The van der Waals surface area contributed by atoms with E-state index >= 15 is 0 Å². The number of carbonyl (C=O) groups excluding carboxylic acids is 2. The maximum absolute atomic E-state index is 14.1. The van der Waals surface area contributed by atoms with E-state index in [1.54, 1.807) is 56.6 Å². The van der Waals surface area contributed by atoms with Gasteiger partial charge in [0.25, 0.3) is 5.91 Å². The van der Waals surface area contributed by atoms with Crippen LogP contribution in [0.2, 0.25) is 5.02 Å². The molecule has 1 saturated heterocycles. The molecule has 2 amide bonds. The molecule has 8 nitrogen and oxygen atoms in total. The van der Waals surface area contributed by atoms with E-state index in [1.165, 1.54) is 7.11 Å². The molecule has 0 spiro atoms. The molecule has 38 heavy (non-hydrogen) atoms. The third-order valence-electron chi connectivity index (χ3n) is 6.91. The summed E-state index contributed by atoms with van der Waals surface area (Å²) in [4.78, 5) is 29.1. The van der Waals surface area contributed by atoms with Crippen LogP contribution in [0.4, 0.5) is 0 Å². The number of piperazine rings is 1. The molecular formula is C29H27ClN2O6. The van der Waals surface area contributed by atoms with Crippen LogP contribution in [-0.2, 0) is 16.0 Å². The van der Waals surface area contributed by atoms with Crippen LogP contribution in [0, 0.1) is 0 Å². The number of benzene rings is 3. The molecule has 2 aliphatic heterocycles. The topological polar surface area (TPSA) is 86.3 Å². The summed E-state index contributed by atoms with van der Waals surface area (Å²) in [6.45, 7) is 0. The van der Waals surface area contributed by atoms with Crippen molar-refractivity contribution in [3.05, 3.63) is 87.6 Å². The van der Waals surface area contributed by atoms with Gasteiger partial charge in [-0.3, -0.25) is 9.59 Å². The largest absolute Gasteiger partial charge is 0.493 e. The molecule has 0 bridgehead atoms. The lowest BCUT2D eigenvalue weighted by atomic mass is 9.82. The van der Waals surface area contributed by atoms with Gasteiger partial charge in [0, 0.05) is 11.4 Å². The molecule has 196 valence electrons. The zero-order valence-electron chi connectivity index (χ0n) is 21.4. The van der Waals surface area contributed by atoms with Crippen LogP contribution in [0.25, 0.3) is 6.08 Å². The zero-order chi connectivity index (χ0) is 27.0. The molecule has 1 fully saturated rings. The minimum absolute atomic E-state index is 0.152. The van der Waals surface area contributed by atoms with Gasteiger partial charge in [-0.2, -0.15) is 0 Å². The van der Waals surface area contributed by atoms with Gasteiger partial charge in [-0.1, -0.05) is 35.9 Å². The second-order valence-electron chi connectivity index (χ2n) is 8.92. The number of halogens is 1. The number of amides is 2. The third-order valence-corrected chi connectivity index (χ3v) is 7.26. The van der Waals surface area contributed by atoms with Crippen molar-refractivity contribution in [1.82, 2.24) is 10.2 Å². The van der Waals surface area contributed by atoms with Crippen molar-refractivity contribution in [2.45, 2.75) is 18.5 Å². The normalized spacial score (nSPS) is 19.4. The van der Waals surface area contributed by atoms with Crippen LogP contribution in [0.15, 0.2) is 60.3 Å². The molecule has 5 rings (SSSR count). The smallest absolute Gasteiger partial charge is 0.271 e. The average Bonchev–Trinajstić information content (AvgIpc) is 2.94. The lowest BCUT2D eigenvalue weighted by Crippen LogP contribution is -2.60. The first-order valence-corrected chi connectivity index (χ1v) is 12.3. The van der Waals surface area contributed by atoms with Crippen LogP contribution in [0.1, 0.15) is 28.3 Å². The van der Waals surface area contributed by atoms with E-state index in [1.807, 2.05) is 30.3 Å². The highest BCUT2D eigenvalue weighted by Crippen LogP contribution is 2.45. The number of nitrogens with zero attached hydrogens (tertiary/aromatic N) is 1. The molecule has 3 aromatic carbocycles. The minimum Gasteiger partial charge on any atom is -0.493 e. The van der Waals surface area contributed by atoms with Gasteiger partial charge in [0.15, 0.2) is 23.0 Å². The Balaban J connectivity index is 1.66.